The summed E-state index contributed by atoms with van der Waals surface area (Å²) in [6.45, 7) is 10.6. The van der Waals surface area contributed by atoms with Gasteiger partial charge in [0.1, 0.15) is 0 Å². The highest BCUT2D eigenvalue weighted by molar-refractivity contribution is 14.1. The number of fused-ring (bicyclic) bond motifs is 1. The first-order valence-electron chi connectivity index (χ1n) is 5.80. The molecule has 0 fully saturated rings. The predicted molar refractivity (Wildman–Crippen MR) is 84.1 cm³/mol. The van der Waals surface area contributed by atoms with E-state index in [1.165, 1.54) is 25.8 Å². The molecule has 0 unspecified atom stereocenters. The fraction of sp³-hybridized carbons (Fsp3) is 0.250. The van der Waals surface area contributed by atoms with Gasteiger partial charge < -0.3 is 0 Å². The summed E-state index contributed by atoms with van der Waals surface area (Å²) in [7, 11) is 0. The van der Waals surface area contributed by atoms with Crippen LogP contribution >= 0.6 is 22.6 Å². The summed E-state index contributed by atoms with van der Waals surface area (Å²) >= 11 is 2.43. The van der Waals surface area contributed by atoms with Crippen molar-refractivity contribution < 1.29 is 0 Å². The van der Waals surface area contributed by atoms with E-state index in [1.54, 1.807) is 0 Å². The molecular weight excluding hydrogens is 319 g/mol. The second-order valence-electron chi connectivity index (χ2n) is 4.92. The molecule has 0 saturated heterocycles. The molecule has 17 heavy (non-hydrogen) atoms. The first-order valence-corrected chi connectivity index (χ1v) is 6.88. The number of allylic oxidation sites excluding steroid dienone is 5. The number of benzene rings is 1. The second-order valence-corrected chi connectivity index (χ2v) is 6.08. The van der Waals surface area contributed by atoms with Crippen molar-refractivity contribution in [1.82, 2.24) is 0 Å². The lowest BCUT2D eigenvalue weighted by atomic mass is 9.81. The summed E-state index contributed by atoms with van der Waals surface area (Å²) in [5.74, 6) is 0. The minimum atomic E-state index is 0.0973. The summed E-state index contributed by atoms with van der Waals surface area (Å²) in [5, 5.41) is 0. The van der Waals surface area contributed by atoms with Gasteiger partial charge in [-0.2, -0.15) is 0 Å². The Labute approximate surface area is 117 Å². The normalized spacial score (nSPS) is 17.6. The topological polar surface area (TPSA) is 0 Å². The summed E-state index contributed by atoms with van der Waals surface area (Å²) in [5.41, 5.74) is 5.75. The van der Waals surface area contributed by atoms with Gasteiger partial charge in [-0.25, -0.2) is 0 Å². The van der Waals surface area contributed by atoms with Gasteiger partial charge in [-0.1, -0.05) is 50.8 Å². The Morgan fingerprint density at radius 3 is 2.59 bits per heavy atom. The molecule has 1 aliphatic rings. The van der Waals surface area contributed by atoms with Crippen LogP contribution in [0.2, 0.25) is 0 Å². The van der Waals surface area contributed by atoms with E-state index in [-0.39, 0.29) is 5.41 Å². The lowest BCUT2D eigenvalue weighted by molar-refractivity contribution is 0.653. The van der Waals surface area contributed by atoms with Crippen molar-refractivity contribution in [1.29, 1.82) is 0 Å². The standard InChI is InChI=1S/C16H17I/c1-5-6-8-12-11(2)15-13(16(12,3)4)9-7-10-14(15)17/h5-10H,1H2,2-4H3/b8-6-. The molecule has 1 aromatic rings. The third-order valence-corrected chi connectivity index (χ3v) is 4.44. The highest BCUT2D eigenvalue weighted by atomic mass is 127. The van der Waals surface area contributed by atoms with Crippen LogP contribution in [0.5, 0.6) is 0 Å². The third kappa shape index (κ3) is 1.90. The molecule has 0 nitrogen and oxygen atoms in total. The van der Waals surface area contributed by atoms with Crippen molar-refractivity contribution in [2.24, 2.45) is 0 Å². The molecule has 0 N–H and O–H groups in total. The molecule has 0 amide bonds. The van der Waals surface area contributed by atoms with Gasteiger partial charge in [-0.15, -0.1) is 0 Å². The minimum Gasteiger partial charge on any atom is -0.0991 e. The Balaban J connectivity index is 2.69. The van der Waals surface area contributed by atoms with Crippen molar-refractivity contribution in [2.45, 2.75) is 26.2 Å². The van der Waals surface area contributed by atoms with E-state index in [0.717, 1.165) is 0 Å². The van der Waals surface area contributed by atoms with Crippen LogP contribution in [-0.4, -0.2) is 0 Å². The zero-order valence-electron chi connectivity index (χ0n) is 10.5. The Bertz CT molecular complexity index is 530. The predicted octanol–water partition coefficient (Wildman–Crippen LogP) is 5.10. The van der Waals surface area contributed by atoms with Gasteiger partial charge in [0.25, 0.3) is 0 Å². The van der Waals surface area contributed by atoms with E-state index in [0.29, 0.717) is 0 Å². The second kappa shape index (κ2) is 4.45. The first-order chi connectivity index (χ1) is 8.00. The molecule has 2 rings (SSSR count). The van der Waals surface area contributed by atoms with Gasteiger partial charge in [-0.05, 0) is 57.9 Å². The SMILES string of the molecule is C=C/C=C\C1=C(C)c2c(I)cccc2C1(C)C. The highest BCUT2D eigenvalue weighted by Crippen LogP contribution is 2.47. The van der Waals surface area contributed by atoms with E-state index in [2.05, 4.69) is 74.2 Å². The van der Waals surface area contributed by atoms with Gasteiger partial charge >= 0.3 is 0 Å². The third-order valence-electron chi connectivity index (χ3n) is 3.54. The Kier molecular flexibility index (Phi) is 3.30. The minimum absolute atomic E-state index is 0.0973. The van der Waals surface area contributed by atoms with Crippen LogP contribution in [-0.2, 0) is 5.41 Å². The molecule has 1 heteroatoms. The van der Waals surface area contributed by atoms with E-state index in [4.69, 9.17) is 0 Å². The van der Waals surface area contributed by atoms with Gasteiger partial charge in [-0.3, -0.25) is 0 Å². The van der Waals surface area contributed by atoms with Crippen LogP contribution in [0.15, 0.2) is 48.6 Å². The molecule has 0 bridgehead atoms. The van der Waals surface area contributed by atoms with E-state index < -0.39 is 0 Å². The Hall–Kier alpha value is -0.830. The van der Waals surface area contributed by atoms with Crippen LogP contribution in [0.4, 0.5) is 0 Å². The lowest BCUT2D eigenvalue weighted by Crippen LogP contribution is -2.16. The van der Waals surface area contributed by atoms with Crippen molar-refractivity contribution >= 4 is 28.2 Å². The van der Waals surface area contributed by atoms with Crippen LogP contribution in [0.3, 0.4) is 0 Å². The van der Waals surface area contributed by atoms with Crippen LogP contribution in [0, 0.1) is 3.57 Å². The van der Waals surface area contributed by atoms with E-state index in [1.807, 2.05) is 12.2 Å². The fourth-order valence-corrected chi connectivity index (χ4v) is 3.57. The molecule has 1 aromatic carbocycles. The van der Waals surface area contributed by atoms with Crippen molar-refractivity contribution in [3.05, 3.63) is 63.3 Å². The molecule has 1 aliphatic carbocycles. The molecule has 88 valence electrons. The van der Waals surface area contributed by atoms with Crippen molar-refractivity contribution in [3.63, 3.8) is 0 Å². The van der Waals surface area contributed by atoms with E-state index in [9.17, 15) is 0 Å². The van der Waals surface area contributed by atoms with Crippen LogP contribution in [0.25, 0.3) is 5.57 Å². The zero-order chi connectivity index (χ0) is 12.6. The van der Waals surface area contributed by atoms with Crippen LogP contribution < -0.4 is 0 Å². The molecule has 0 atom stereocenters. The maximum atomic E-state index is 3.75. The largest absolute Gasteiger partial charge is 0.0991 e. The summed E-state index contributed by atoms with van der Waals surface area (Å²) in [6, 6.07) is 6.57. The quantitative estimate of drug-likeness (QED) is 0.521. The average molecular weight is 336 g/mol. The molecule has 0 aliphatic heterocycles. The van der Waals surface area contributed by atoms with Gasteiger partial charge in [0, 0.05) is 8.99 Å². The summed E-state index contributed by atoms with van der Waals surface area (Å²) in [4.78, 5) is 0. The summed E-state index contributed by atoms with van der Waals surface area (Å²) < 4.78 is 1.34. The fourth-order valence-electron chi connectivity index (χ4n) is 2.67. The maximum Gasteiger partial charge on any atom is 0.0208 e. The van der Waals surface area contributed by atoms with Gasteiger partial charge in [0.05, 0.1) is 0 Å². The van der Waals surface area contributed by atoms with E-state index >= 15 is 0 Å². The average Bonchev–Trinajstić information content (AvgIpc) is 2.46. The van der Waals surface area contributed by atoms with Gasteiger partial charge in [0.15, 0.2) is 0 Å². The smallest absolute Gasteiger partial charge is 0.0208 e. The Morgan fingerprint density at radius 1 is 1.29 bits per heavy atom. The van der Waals surface area contributed by atoms with Gasteiger partial charge in [0.2, 0.25) is 0 Å². The summed E-state index contributed by atoms with van der Waals surface area (Å²) in [6.07, 6.45) is 6.06. The molecule has 0 heterocycles. The number of rotatable bonds is 2. The Morgan fingerprint density at radius 2 is 2.00 bits per heavy atom. The highest BCUT2D eigenvalue weighted by Gasteiger charge is 2.35. The maximum absolute atomic E-state index is 3.75. The number of hydrogen-bond donors (Lipinski definition) is 0. The number of halogens is 1. The van der Waals surface area contributed by atoms with Crippen molar-refractivity contribution in [3.8, 4) is 0 Å². The molecular formula is C16H17I. The first kappa shape index (κ1) is 12.6. The molecule has 0 spiro atoms. The monoisotopic (exact) mass is 336 g/mol. The lowest BCUT2D eigenvalue weighted by Gasteiger charge is -2.22. The zero-order valence-corrected chi connectivity index (χ0v) is 12.7. The molecule has 0 saturated carbocycles. The van der Waals surface area contributed by atoms with Crippen molar-refractivity contribution in [2.75, 3.05) is 0 Å². The van der Waals surface area contributed by atoms with Crippen LogP contribution in [0.1, 0.15) is 31.9 Å². The molecule has 0 aromatic heterocycles. The number of hydrogen-bond acceptors (Lipinski definition) is 0. The molecule has 0 radical (unpaired) electrons.